The first-order chi connectivity index (χ1) is 14.7. The number of amides is 1. The number of rotatable bonds is 7. The number of carbonyl (C=O) groups is 2. The van der Waals surface area contributed by atoms with Gasteiger partial charge >= 0.3 is 0 Å². The molecule has 0 bridgehead atoms. The molecule has 2 aromatic rings. The molecule has 1 aliphatic heterocycles. The van der Waals surface area contributed by atoms with Crippen LogP contribution in [0.15, 0.2) is 53.4 Å². The van der Waals surface area contributed by atoms with Crippen LogP contribution in [-0.4, -0.2) is 61.5 Å². The van der Waals surface area contributed by atoms with Gasteiger partial charge in [0.1, 0.15) is 5.82 Å². The van der Waals surface area contributed by atoms with Crippen LogP contribution in [-0.2, 0) is 21.4 Å². The number of hydrogen-bond donors (Lipinski definition) is 1. The van der Waals surface area contributed by atoms with Crippen molar-refractivity contribution in [2.24, 2.45) is 0 Å². The van der Waals surface area contributed by atoms with Crippen molar-refractivity contribution in [3.05, 3.63) is 65.5 Å². The molecule has 0 saturated carbocycles. The van der Waals surface area contributed by atoms with Gasteiger partial charge in [-0.05, 0) is 43.7 Å². The largest absolute Gasteiger partial charge is 0.351 e. The van der Waals surface area contributed by atoms with Crippen LogP contribution in [0.25, 0.3) is 0 Å². The number of benzene rings is 2. The molecule has 2 aromatic carbocycles. The molecule has 1 N–H and O–H groups in total. The lowest BCUT2D eigenvalue weighted by atomic mass is 10.2. The quantitative estimate of drug-likeness (QED) is 0.657. The van der Waals surface area contributed by atoms with Crippen molar-refractivity contribution in [1.29, 1.82) is 0 Å². The van der Waals surface area contributed by atoms with E-state index in [1.807, 2.05) is 4.90 Å². The van der Waals surface area contributed by atoms with Crippen molar-refractivity contribution in [1.82, 2.24) is 14.5 Å². The Kier molecular flexibility index (Phi) is 7.19. The maximum atomic E-state index is 13.0. The number of halogens is 1. The molecule has 1 atom stereocenters. The van der Waals surface area contributed by atoms with Crippen molar-refractivity contribution >= 4 is 21.7 Å². The second-order valence-corrected chi connectivity index (χ2v) is 9.48. The molecule has 7 nitrogen and oxygen atoms in total. The highest BCUT2D eigenvalue weighted by molar-refractivity contribution is 7.89. The monoisotopic (exact) mass is 447 g/mol. The molecule has 166 valence electrons. The first-order valence-electron chi connectivity index (χ1n) is 10.1. The predicted octanol–water partition coefficient (Wildman–Crippen LogP) is 2.04. The molecule has 1 saturated heterocycles. The van der Waals surface area contributed by atoms with Gasteiger partial charge in [-0.3, -0.25) is 14.5 Å². The molecular formula is C22H26FN3O4S. The van der Waals surface area contributed by atoms with Gasteiger partial charge in [0.05, 0.1) is 10.9 Å². The second-order valence-electron chi connectivity index (χ2n) is 7.54. The maximum Gasteiger partial charge on any atom is 0.243 e. The smallest absolute Gasteiger partial charge is 0.243 e. The van der Waals surface area contributed by atoms with Crippen LogP contribution >= 0.6 is 0 Å². The molecule has 1 amide bonds. The van der Waals surface area contributed by atoms with Crippen LogP contribution < -0.4 is 5.32 Å². The normalized spacial score (nSPS) is 16.6. The Morgan fingerprint density at radius 3 is 2.13 bits per heavy atom. The number of nitrogens with one attached hydrogen (secondary N) is 1. The van der Waals surface area contributed by atoms with Gasteiger partial charge < -0.3 is 5.32 Å². The van der Waals surface area contributed by atoms with E-state index >= 15 is 0 Å². The topological polar surface area (TPSA) is 86.8 Å². The fourth-order valence-electron chi connectivity index (χ4n) is 3.45. The summed E-state index contributed by atoms with van der Waals surface area (Å²) < 4.78 is 40.1. The van der Waals surface area contributed by atoms with Crippen molar-refractivity contribution in [2.75, 3.05) is 26.2 Å². The van der Waals surface area contributed by atoms with E-state index < -0.39 is 16.1 Å². The summed E-state index contributed by atoms with van der Waals surface area (Å²) in [6.07, 6.45) is 0. The van der Waals surface area contributed by atoms with E-state index in [0.717, 1.165) is 5.56 Å². The summed E-state index contributed by atoms with van der Waals surface area (Å²) in [5.74, 6) is -0.615. The third kappa shape index (κ3) is 5.55. The number of hydrogen-bond acceptors (Lipinski definition) is 5. The summed E-state index contributed by atoms with van der Waals surface area (Å²) in [4.78, 5) is 26.0. The highest BCUT2D eigenvalue weighted by atomic mass is 32.2. The third-order valence-electron chi connectivity index (χ3n) is 5.48. The lowest BCUT2D eigenvalue weighted by molar-refractivity contribution is -0.126. The first-order valence-corrected chi connectivity index (χ1v) is 11.5. The zero-order chi connectivity index (χ0) is 22.6. The van der Waals surface area contributed by atoms with Crippen molar-refractivity contribution in [2.45, 2.75) is 31.3 Å². The minimum absolute atomic E-state index is 0.121. The molecule has 1 heterocycles. The van der Waals surface area contributed by atoms with Crippen LogP contribution in [0, 0.1) is 5.82 Å². The van der Waals surface area contributed by atoms with Crippen molar-refractivity contribution in [3.8, 4) is 0 Å². The Balaban J connectivity index is 1.54. The summed E-state index contributed by atoms with van der Waals surface area (Å²) >= 11 is 0. The Labute approximate surface area is 181 Å². The van der Waals surface area contributed by atoms with Gasteiger partial charge in [0.25, 0.3) is 0 Å². The Bertz CT molecular complexity index is 1030. The summed E-state index contributed by atoms with van der Waals surface area (Å²) in [7, 11) is -3.66. The fraction of sp³-hybridized carbons (Fsp3) is 0.364. The van der Waals surface area contributed by atoms with E-state index in [4.69, 9.17) is 0 Å². The van der Waals surface area contributed by atoms with Gasteiger partial charge in [-0.1, -0.05) is 24.3 Å². The minimum Gasteiger partial charge on any atom is -0.351 e. The molecule has 0 aromatic heterocycles. The summed E-state index contributed by atoms with van der Waals surface area (Å²) in [5, 5.41) is 2.83. The highest BCUT2D eigenvalue weighted by Crippen LogP contribution is 2.19. The number of ketones is 1. The average molecular weight is 448 g/mol. The summed E-state index contributed by atoms with van der Waals surface area (Å²) in [6.45, 7) is 4.91. The van der Waals surface area contributed by atoms with E-state index in [0.29, 0.717) is 25.2 Å². The SMILES string of the molecule is CC(=O)c1ccc(S(=O)(=O)N2CCN(C(C)C(=O)NCc3ccc(F)cc3)CC2)cc1. The Hall–Kier alpha value is -2.62. The van der Waals surface area contributed by atoms with Crippen LogP contribution in [0.3, 0.4) is 0 Å². The number of Topliss-reactive ketones (excluding diaryl/α,β-unsaturated/α-hetero) is 1. The molecule has 9 heteroatoms. The third-order valence-corrected chi connectivity index (χ3v) is 7.39. The van der Waals surface area contributed by atoms with Gasteiger partial charge in [-0.2, -0.15) is 4.31 Å². The van der Waals surface area contributed by atoms with E-state index in [1.165, 1.54) is 47.6 Å². The number of sulfonamides is 1. The van der Waals surface area contributed by atoms with Gasteiger partial charge in [0.15, 0.2) is 5.78 Å². The van der Waals surface area contributed by atoms with Gasteiger partial charge in [0.2, 0.25) is 15.9 Å². The zero-order valence-corrected chi connectivity index (χ0v) is 18.4. The molecule has 1 unspecified atom stereocenters. The lowest BCUT2D eigenvalue weighted by Gasteiger charge is -2.36. The van der Waals surface area contributed by atoms with Crippen LogP contribution in [0.2, 0.25) is 0 Å². The fourth-order valence-corrected chi connectivity index (χ4v) is 4.87. The van der Waals surface area contributed by atoms with E-state index in [2.05, 4.69) is 5.32 Å². The minimum atomic E-state index is -3.66. The van der Waals surface area contributed by atoms with Gasteiger partial charge in [0, 0.05) is 38.3 Å². The number of nitrogens with zero attached hydrogens (tertiary/aromatic N) is 2. The van der Waals surface area contributed by atoms with Crippen LogP contribution in [0.4, 0.5) is 4.39 Å². The standard InChI is InChI=1S/C22H26FN3O4S/c1-16(22(28)24-15-18-3-7-20(23)8-4-18)25-11-13-26(14-12-25)31(29,30)21-9-5-19(6-10-21)17(2)27/h3-10,16H,11-15H2,1-2H3,(H,24,28). The number of piperazine rings is 1. The molecule has 0 radical (unpaired) electrons. The summed E-state index contributed by atoms with van der Waals surface area (Å²) in [5.41, 5.74) is 1.26. The Morgan fingerprint density at radius 1 is 1.00 bits per heavy atom. The molecular weight excluding hydrogens is 421 g/mol. The van der Waals surface area contributed by atoms with Gasteiger partial charge in [-0.15, -0.1) is 0 Å². The Morgan fingerprint density at radius 2 is 1.58 bits per heavy atom. The van der Waals surface area contributed by atoms with Crippen LogP contribution in [0.1, 0.15) is 29.8 Å². The lowest BCUT2D eigenvalue weighted by Crippen LogP contribution is -2.54. The molecule has 1 fully saturated rings. The van der Waals surface area contributed by atoms with E-state index in [9.17, 15) is 22.4 Å². The van der Waals surface area contributed by atoms with Crippen molar-refractivity contribution in [3.63, 3.8) is 0 Å². The van der Waals surface area contributed by atoms with Gasteiger partial charge in [-0.25, -0.2) is 12.8 Å². The average Bonchev–Trinajstić information content (AvgIpc) is 2.78. The van der Waals surface area contributed by atoms with Crippen molar-refractivity contribution < 1.29 is 22.4 Å². The number of carbonyl (C=O) groups excluding carboxylic acids is 2. The molecule has 3 rings (SSSR count). The van der Waals surface area contributed by atoms with E-state index in [1.54, 1.807) is 19.1 Å². The first kappa shape index (κ1) is 23.1. The highest BCUT2D eigenvalue weighted by Gasteiger charge is 2.31. The van der Waals surface area contributed by atoms with E-state index in [-0.39, 0.29) is 35.5 Å². The molecule has 1 aliphatic rings. The van der Waals surface area contributed by atoms with Crippen LogP contribution in [0.5, 0.6) is 0 Å². The zero-order valence-electron chi connectivity index (χ0n) is 17.5. The molecule has 0 aliphatic carbocycles. The molecule has 31 heavy (non-hydrogen) atoms. The molecule has 0 spiro atoms. The second kappa shape index (κ2) is 9.67. The maximum absolute atomic E-state index is 13.0. The predicted molar refractivity (Wildman–Crippen MR) is 114 cm³/mol. The summed E-state index contributed by atoms with van der Waals surface area (Å²) in [6, 6.07) is 11.4.